The maximum atomic E-state index is 13.7. The van der Waals surface area contributed by atoms with Crippen molar-refractivity contribution in [3.05, 3.63) is 58.7 Å². The minimum atomic E-state index is -3.79. The average Bonchev–Trinajstić information content (AvgIpc) is 2.64. The van der Waals surface area contributed by atoms with E-state index < -0.39 is 18.3 Å². The Morgan fingerprint density at radius 2 is 1.62 bits per heavy atom. The molecule has 0 radical (unpaired) electrons. The molecule has 2 aromatic carbocycles. The van der Waals surface area contributed by atoms with Gasteiger partial charge in [-0.25, -0.2) is 0 Å². The molecule has 0 saturated heterocycles. The summed E-state index contributed by atoms with van der Waals surface area (Å²) in [5.41, 5.74) is 1.93. The van der Waals surface area contributed by atoms with Crippen LogP contribution in [0.2, 0.25) is 0 Å². The SMILES string of the molecule is CCOP(=O)(C(=O)c1c(C)cc(C)c(NC(=O)C(C)(C)C)c1C)c1ccccc1. The molecule has 0 heterocycles. The van der Waals surface area contributed by atoms with Gasteiger partial charge in [0.2, 0.25) is 5.91 Å². The molecule has 29 heavy (non-hydrogen) atoms. The van der Waals surface area contributed by atoms with E-state index in [1.165, 1.54) is 0 Å². The second-order valence-electron chi connectivity index (χ2n) is 8.20. The van der Waals surface area contributed by atoms with Crippen LogP contribution in [0.3, 0.4) is 0 Å². The molecule has 1 N–H and O–H groups in total. The lowest BCUT2D eigenvalue weighted by atomic mass is 9.93. The highest BCUT2D eigenvalue weighted by molar-refractivity contribution is 7.83. The van der Waals surface area contributed by atoms with Gasteiger partial charge in [-0.15, -0.1) is 0 Å². The lowest BCUT2D eigenvalue weighted by Crippen LogP contribution is -2.28. The van der Waals surface area contributed by atoms with Crippen LogP contribution in [-0.4, -0.2) is 18.0 Å². The number of aryl methyl sites for hydroxylation is 2. The van der Waals surface area contributed by atoms with Crippen molar-refractivity contribution in [1.29, 1.82) is 0 Å². The predicted octanol–water partition coefficient (Wildman–Crippen LogP) is 5.38. The molecular weight excluding hydrogens is 385 g/mol. The molecule has 0 spiro atoms. The molecule has 0 bridgehead atoms. The topological polar surface area (TPSA) is 72.5 Å². The summed E-state index contributed by atoms with van der Waals surface area (Å²) in [6.45, 7) is 12.8. The molecule has 0 aliphatic heterocycles. The molecule has 2 rings (SSSR count). The van der Waals surface area contributed by atoms with Gasteiger partial charge in [-0.2, -0.15) is 0 Å². The first-order valence-electron chi connectivity index (χ1n) is 9.70. The normalized spacial score (nSPS) is 13.6. The molecule has 6 heteroatoms. The summed E-state index contributed by atoms with van der Waals surface area (Å²) in [4.78, 5) is 26.1. The Labute approximate surface area is 173 Å². The van der Waals surface area contributed by atoms with Gasteiger partial charge in [0.1, 0.15) is 0 Å². The third-order valence-corrected chi connectivity index (χ3v) is 7.14. The number of carbonyl (C=O) groups is 2. The fourth-order valence-electron chi connectivity index (χ4n) is 3.21. The van der Waals surface area contributed by atoms with Crippen molar-refractivity contribution in [3.8, 4) is 0 Å². The van der Waals surface area contributed by atoms with Crippen molar-refractivity contribution in [1.82, 2.24) is 0 Å². The Hall–Kier alpha value is -2.23. The van der Waals surface area contributed by atoms with Crippen molar-refractivity contribution >= 4 is 29.8 Å². The van der Waals surface area contributed by atoms with Crippen LogP contribution in [-0.2, 0) is 13.9 Å². The highest BCUT2D eigenvalue weighted by Gasteiger charge is 2.38. The summed E-state index contributed by atoms with van der Waals surface area (Å²) < 4.78 is 19.3. The van der Waals surface area contributed by atoms with Gasteiger partial charge in [-0.1, -0.05) is 45.0 Å². The summed E-state index contributed by atoms with van der Waals surface area (Å²) in [6, 6.07) is 10.4. The van der Waals surface area contributed by atoms with Crippen molar-refractivity contribution in [2.45, 2.75) is 48.5 Å². The lowest BCUT2D eigenvalue weighted by molar-refractivity contribution is -0.123. The van der Waals surface area contributed by atoms with Crippen molar-refractivity contribution < 1.29 is 18.7 Å². The molecule has 1 atom stereocenters. The highest BCUT2D eigenvalue weighted by Crippen LogP contribution is 2.50. The van der Waals surface area contributed by atoms with E-state index in [4.69, 9.17) is 4.52 Å². The van der Waals surface area contributed by atoms with Gasteiger partial charge in [-0.3, -0.25) is 14.2 Å². The van der Waals surface area contributed by atoms with Gasteiger partial charge in [0.25, 0.3) is 5.52 Å². The standard InChI is InChI=1S/C23H30NO4P/c1-8-28-29(27,18-12-10-9-11-13-18)21(25)19-15(2)14-16(3)20(17(19)4)24-22(26)23(5,6)7/h9-14H,8H2,1-7H3,(H,24,26). The summed E-state index contributed by atoms with van der Waals surface area (Å²) in [6.07, 6.45) is 0. The van der Waals surface area contributed by atoms with Gasteiger partial charge >= 0.3 is 7.37 Å². The Balaban J connectivity index is 2.64. The Morgan fingerprint density at radius 3 is 2.14 bits per heavy atom. The smallest absolute Gasteiger partial charge is 0.300 e. The molecule has 0 fully saturated rings. The van der Waals surface area contributed by atoms with E-state index in [0.29, 0.717) is 27.7 Å². The molecule has 0 aliphatic rings. The molecular formula is C23H30NO4P. The van der Waals surface area contributed by atoms with Crippen LogP contribution in [0.15, 0.2) is 36.4 Å². The van der Waals surface area contributed by atoms with Gasteiger partial charge < -0.3 is 9.84 Å². The summed E-state index contributed by atoms with van der Waals surface area (Å²) in [5, 5.41) is 3.31. The first-order valence-corrected chi connectivity index (χ1v) is 11.3. The van der Waals surface area contributed by atoms with Crippen LogP contribution in [0, 0.1) is 26.2 Å². The van der Waals surface area contributed by atoms with E-state index >= 15 is 0 Å². The fraction of sp³-hybridized carbons (Fsp3) is 0.391. The number of amides is 1. The molecule has 1 unspecified atom stereocenters. The van der Waals surface area contributed by atoms with Crippen LogP contribution < -0.4 is 10.6 Å². The molecule has 0 aliphatic carbocycles. The van der Waals surface area contributed by atoms with Crippen LogP contribution in [0.4, 0.5) is 5.69 Å². The number of rotatable bonds is 6. The third kappa shape index (κ3) is 4.68. The second-order valence-corrected chi connectivity index (χ2v) is 10.5. The largest absolute Gasteiger partial charge is 0.325 e. The molecule has 5 nitrogen and oxygen atoms in total. The minimum Gasteiger partial charge on any atom is -0.325 e. The Morgan fingerprint density at radius 1 is 1.03 bits per heavy atom. The van der Waals surface area contributed by atoms with Gasteiger partial charge in [0, 0.05) is 22.0 Å². The van der Waals surface area contributed by atoms with Crippen molar-refractivity contribution in [2.75, 3.05) is 11.9 Å². The summed E-state index contributed by atoms with van der Waals surface area (Å²) >= 11 is 0. The van der Waals surface area contributed by atoms with Crippen molar-refractivity contribution in [2.24, 2.45) is 5.41 Å². The number of carbonyl (C=O) groups excluding carboxylic acids is 2. The van der Waals surface area contributed by atoms with Gasteiger partial charge in [0.05, 0.1) is 6.61 Å². The van der Waals surface area contributed by atoms with E-state index in [1.54, 1.807) is 44.2 Å². The van der Waals surface area contributed by atoms with Crippen LogP contribution >= 0.6 is 7.37 Å². The van der Waals surface area contributed by atoms with Crippen LogP contribution in [0.25, 0.3) is 0 Å². The molecule has 1 amide bonds. The highest BCUT2D eigenvalue weighted by atomic mass is 31.2. The predicted molar refractivity (Wildman–Crippen MR) is 118 cm³/mol. The Bertz CT molecular complexity index is 975. The molecule has 2 aromatic rings. The van der Waals surface area contributed by atoms with E-state index in [0.717, 1.165) is 5.56 Å². The Kier molecular flexibility index (Phi) is 6.87. The van der Waals surface area contributed by atoms with E-state index in [9.17, 15) is 14.2 Å². The van der Waals surface area contributed by atoms with E-state index in [-0.39, 0.29) is 12.5 Å². The van der Waals surface area contributed by atoms with Crippen LogP contribution in [0.5, 0.6) is 0 Å². The summed E-state index contributed by atoms with van der Waals surface area (Å²) in [7, 11) is -3.79. The molecule has 156 valence electrons. The number of hydrogen-bond donors (Lipinski definition) is 1. The number of anilines is 1. The number of nitrogens with one attached hydrogen (secondary N) is 1. The fourth-order valence-corrected chi connectivity index (χ4v) is 5.28. The minimum absolute atomic E-state index is 0.148. The van der Waals surface area contributed by atoms with Gasteiger partial charge in [0.15, 0.2) is 0 Å². The third-order valence-electron chi connectivity index (χ3n) is 4.78. The zero-order chi connectivity index (χ0) is 22.0. The first-order chi connectivity index (χ1) is 13.4. The summed E-state index contributed by atoms with van der Waals surface area (Å²) in [5.74, 6) is -0.151. The van der Waals surface area contributed by atoms with E-state index in [2.05, 4.69) is 5.32 Å². The molecule has 0 aromatic heterocycles. The van der Waals surface area contributed by atoms with Gasteiger partial charge in [-0.05, 0) is 56.5 Å². The maximum Gasteiger partial charge on any atom is 0.300 e. The van der Waals surface area contributed by atoms with E-state index in [1.807, 2.05) is 40.7 Å². The van der Waals surface area contributed by atoms with Crippen molar-refractivity contribution in [3.63, 3.8) is 0 Å². The first kappa shape index (κ1) is 23.1. The second kappa shape index (κ2) is 8.64. The lowest BCUT2D eigenvalue weighted by Gasteiger charge is -2.24. The maximum absolute atomic E-state index is 13.7. The monoisotopic (exact) mass is 415 g/mol. The average molecular weight is 415 g/mol. The number of hydrogen-bond acceptors (Lipinski definition) is 4. The zero-order valence-corrected chi connectivity index (χ0v) is 19.1. The van der Waals surface area contributed by atoms with Crippen LogP contribution in [0.1, 0.15) is 54.7 Å². The number of benzene rings is 2. The molecule has 0 saturated carbocycles. The quantitative estimate of drug-likeness (QED) is 0.643. The zero-order valence-electron chi connectivity index (χ0n) is 18.3.